The SMILES string of the molecule is COC(=O)[C@@H]1C[C@@H](C(C)(C)C)CN(Cc2cc3c(s2)C[C@H]2CCC[C@@H]3N2C(=O)OC(C)(C)C)C1. The minimum atomic E-state index is -0.487. The van der Waals surface area contributed by atoms with Crippen LogP contribution in [-0.2, 0) is 27.2 Å². The number of piperidine rings is 2. The highest BCUT2D eigenvalue weighted by Gasteiger charge is 2.43. The van der Waals surface area contributed by atoms with E-state index in [9.17, 15) is 9.59 Å². The predicted octanol–water partition coefficient (Wildman–Crippen LogP) is 5.79. The summed E-state index contributed by atoms with van der Waals surface area (Å²) < 4.78 is 10.9. The normalized spacial score (nSPS) is 27.8. The van der Waals surface area contributed by atoms with Crippen LogP contribution >= 0.6 is 11.3 Å². The largest absolute Gasteiger partial charge is 0.469 e. The quantitative estimate of drug-likeness (QED) is 0.502. The highest BCUT2D eigenvalue weighted by atomic mass is 32.1. The van der Waals surface area contributed by atoms with Crippen molar-refractivity contribution in [2.45, 2.75) is 97.9 Å². The maximum atomic E-state index is 13.1. The van der Waals surface area contributed by atoms with E-state index in [-0.39, 0.29) is 35.5 Å². The molecule has 190 valence electrons. The minimum Gasteiger partial charge on any atom is -0.469 e. The molecule has 0 saturated carbocycles. The molecule has 1 aromatic rings. The van der Waals surface area contributed by atoms with Crippen molar-refractivity contribution >= 4 is 23.4 Å². The fourth-order valence-corrected chi connectivity index (χ4v) is 7.25. The van der Waals surface area contributed by atoms with Gasteiger partial charge in [0.05, 0.1) is 19.1 Å². The van der Waals surface area contributed by atoms with Crippen molar-refractivity contribution in [3.8, 4) is 0 Å². The average Bonchev–Trinajstić information content (AvgIpc) is 3.12. The van der Waals surface area contributed by atoms with E-state index in [0.717, 1.165) is 51.7 Å². The molecule has 3 aliphatic heterocycles. The third kappa shape index (κ3) is 5.46. The van der Waals surface area contributed by atoms with Gasteiger partial charge in [-0.05, 0) is 69.4 Å². The van der Waals surface area contributed by atoms with Gasteiger partial charge in [-0.15, -0.1) is 11.3 Å². The summed E-state index contributed by atoms with van der Waals surface area (Å²) in [5.41, 5.74) is 0.972. The third-order valence-corrected chi connectivity index (χ3v) is 8.84. The summed E-state index contributed by atoms with van der Waals surface area (Å²) in [4.78, 5) is 32.7. The van der Waals surface area contributed by atoms with Crippen LogP contribution < -0.4 is 0 Å². The number of thiophene rings is 1. The van der Waals surface area contributed by atoms with Gasteiger partial charge in [0.15, 0.2) is 0 Å². The van der Waals surface area contributed by atoms with Crippen LogP contribution in [0.5, 0.6) is 0 Å². The Balaban J connectivity index is 1.53. The number of carbonyl (C=O) groups excluding carboxylic acids is 2. The lowest BCUT2D eigenvalue weighted by molar-refractivity contribution is -0.149. The summed E-state index contributed by atoms with van der Waals surface area (Å²) in [6.45, 7) is 15.2. The van der Waals surface area contributed by atoms with Crippen LogP contribution in [0.4, 0.5) is 4.79 Å². The lowest BCUT2D eigenvalue weighted by atomic mass is 9.73. The van der Waals surface area contributed by atoms with Gasteiger partial charge in [0.1, 0.15) is 5.60 Å². The molecule has 2 bridgehead atoms. The number of rotatable bonds is 3. The van der Waals surface area contributed by atoms with Crippen LogP contribution in [0.25, 0.3) is 0 Å². The first kappa shape index (κ1) is 25.5. The molecule has 0 N–H and O–H groups in total. The Labute approximate surface area is 209 Å². The fraction of sp³-hybridized carbons (Fsp3) is 0.778. The standard InChI is InChI=1S/C27H42N2O4S/c1-26(2,3)18-11-17(24(30)32-7)14-28(15-18)16-20-13-21-22-10-8-9-19(12-23(21)34-20)29(22)25(31)33-27(4,5)6/h13,17-19,22H,8-12,14-16H2,1-7H3/t17-,18-,19-,22+/m1/s1. The van der Waals surface area contributed by atoms with Crippen LogP contribution in [0.2, 0.25) is 0 Å². The molecule has 0 unspecified atom stereocenters. The molecule has 4 heterocycles. The van der Waals surface area contributed by atoms with E-state index in [4.69, 9.17) is 9.47 Å². The molecule has 4 rings (SSSR count). The van der Waals surface area contributed by atoms with E-state index in [1.165, 1.54) is 22.4 Å². The van der Waals surface area contributed by atoms with Crippen LogP contribution in [0.1, 0.15) is 88.6 Å². The number of likely N-dealkylation sites (tertiary alicyclic amines) is 1. The van der Waals surface area contributed by atoms with Gasteiger partial charge in [-0.25, -0.2) is 4.79 Å². The number of nitrogens with zero attached hydrogens (tertiary/aromatic N) is 2. The third-order valence-electron chi connectivity index (χ3n) is 7.69. The molecule has 0 radical (unpaired) electrons. The second-order valence-electron chi connectivity index (χ2n) is 12.5. The van der Waals surface area contributed by atoms with Gasteiger partial charge in [0.2, 0.25) is 0 Å². The lowest BCUT2D eigenvalue weighted by Gasteiger charge is -2.45. The van der Waals surface area contributed by atoms with Gasteiger partial charge in [-0.1, -0.05) is 20.8 Å². The van der Waals surface area contributed by atoms with Gasteiger partial charge in [-0.2, -0.15) is 0 Å². The van der Waals surface area contributed by atoms with E-state index in [1.54, 1.807) is 0 Å². The summed E-state index contributed by atoms with van der Waals surface area (Å²) in [6.07, 6.45) is 4.83. The van der Waals surface area contributed by atoms with E-state index in [2.05, 4.69) is 31.7 Å². The lowest BCUT2D eigenvalue weighted by Crippen LogP contribution is -2.50. The van der Waals surface area contributed by atoms with E-state index >= 15 is 0 Å². The Kier molecular flexibility index (Phi) is 7.09. The zero-order valence-electron chi connectivity index (χ0n) is 22.0. The Hall–Kier alpha value is -1.60. The second kappa shape index (κ2) is 9.45. The molecule has 0 aliphatic carbocycles. The number of methoxy groups -OCH3 is 1. The molecule has 3 aliphatic rings. The van der Waals surface area contributed by atoms with Gasteiger partial charge in [0.25, 0.3) is 0 Å². The summed E-state index contributed by atoms with van der Waals surface area (Å²) in [5.74, 6) is 0.285. The van der Waals surface area contributed by atoms with Crippen LogP contribution in [-0.4, -0.2) is 53.7 Å². The van der Waals surface area contributed by atoms with Crippen molar-refractivity contribution in [1.29, 1.82) is 0 Å². The summed E-state index contributed by atoms with van der Waals surface area (Å²) in [7, 11) is 1.50. The molecular weight excluding hydrogens is 448 g/mol. The number of esters is 1. The molecular formula is C27H42N2O4S. The average molecular weight is 491 g/mol. The zero-order valence-corrected chi connectivity index (χ0v) is 22.8. The molecule has 1 amide bonds. The summed E-state index contributed by atoms with van der Waals surface area (Å²) in [5, 5.41) is 0. The van der Waals surface area contributed by atoms with Crippen molar-refractivity contribution in [3.05, 3.63) is 21.4 Å². The minimum absolute atomic E-state index is 0.0700. The fourth-order valence-electron chi connectivity index (χ4n) is 5.91. The highest BCUT2D eigenvalue weighted by molar-refractivity contribution is 7.12. The van der Waals surface area contributed by atoms with E-state index in [1.807, 2.05) is 37.0 Å². The molecule has 7 heteroatoms. The number of ether oxygens (including phenoxy) is 2. The Morgan fingerprint density at radius 3 is 2.50 bits per heavy atom. The van der Waals surface area contributed by atoms with Gasteiger partial charge >= 0.3 is 12.1 Å². The molecule has 1 aromatic heterocycles. The van der Waals surface area contributed by atoms with E-state index in [0.29, 0.717) is 5.92 Å². The topological polar surface area (TPSA) is 59.1 Å². The number of hydrogen-bond donors (Lipinski definition) is 0. The van der Waals surface area contributed by atoms with Crippen molar-refractivity contribution < 1.29 is 19.1 Å². The Morgan fingerprint density at radius 1 is 1.12 bits per heavy atom. The van der Waals surface area contributed by atoms with Crippen molar-refractivity contribution in [1.82, 2.24) is 9.80 Å². The molecule has 2 saturated heterocycles. The first-order valence-electron chi connectivity index (χ1n) is 12.8. The second-order valence-corrected chi connectivity index (χ2v) is 13.7. The maximum Gasteiger partial charge on any atom is 0.411 e. The first-order valence-corrected chi connectivity index (χ1v) is 13.6. The van der Waals surface area contributed by atoms with Crippen molar-refractivity contribution in [2.24, 2.45) is 17.3 Å². The highest BCUT2D eigenvalue weighted by Crippen LogP contribution is 2.46. The smallest absolute Gasteiger partial charge is 0.411 e. The van der Waals surface area contributed by atoms with Crippen molar-refractivity contribution in [3.63, 3.8) is 0 Å². The molecule has 0 aromatic carbocycles. The molecule has 0 spiro atoms. The molecule has 4 atom stereocenters. The van der Waals surface area contributed by atoms with Crippen LogP contribution in [0, 0.1) is 17.3 Å². The number of hydrogen-bond acceptors (Lipinski definition) is 6. The van der Waals surface area contributed by atoms with E-state index < -0.39 is 5.60 Å². The summed E-state index contributed by atoms with van der Waals surface area (Å²) in [6, 6.07) is 2.68. The monoisotopic (exact) mass is 490 g/mol. The molecule has 34 heavy (non-hydrogen) atoms. The Bertz CT molecular complexity index is 913. The molecule has 6 nitrogen and oxygen atoms in total. The van der Waals surface area contributed by atoms with Crippen LogP contribution in [0.3, 0.4) is 0 Å². The summed E-state index contributed by atoms with van der Waals surface area (Å²) >= 11 is 1.90. The maximum absolute atomic E-state index is 13.1. The molecule has 2 fully saturated rings. The zero-order chi connectivity index (χ0) is 24.8. The number of amides is 1. The predicted molar refractivity (Wildman–Crippen MR) is 135 cm³/mol. The van der Waals surface area contributed by atoms with Gasteiger partial charge in [0, 0.05) is 41.9 Å². The van der Waals surface area contributed by atoms with Crippen molar-refractivity contribution in [2.75, 3.05) is 20.2 Å². The number of fused-ring (bicyclic) bond motifs is 4. The first-order chi connectivity index (χ1) is 15.9. The Morgan fingerprint density at radius 2 is 1.85 bits per heavy atom. The van der Waals surface area contributed by atoms with Gasteiger partial charge in [-0.3, -0.25) is 14.6 Å². The number of carbonyl (C=O) groups is 2. The van der Waals surface area contributed by atoms with Gasteiger partial charge < -0.3 is 9.47 Å². The van der Waals surface area contributed by atoms with Crippen LogP contribution in [0.15, 0.2) is 6.07 Å².